The van der Waals surface area contributed by atoms with Crippen LogP contribution in [-0.2, 0) is 9.59 Å². The van der Waals surface area contributed by atoms with Crippen LogP contribution in [0, 0.1) is 11.8 Å². The number of likely N-dealkylation sites (tertiary alicyclic amines) is 1. The van der Waals surface area contributed by atoms with Crippen molar-refractivity contribution in [2.45, 2.75) is 38.6 Å². The van der Waals surface area contributed by atoms with Gasteiger partial charge in [-0.25, -0.2) is 4.79 Å². The van der Waals surface area contributed by atoms with E-state index in [0.29, 0.717) is 19.5 Å². The zero-order valence-electron chi connectivity index (χ0n) is 11.1. The summed E-state index contributed by atoms with van der Waals surface area (Å²) in [6.07, 6.45) is 2.34. The average molecular weight is 254 g/mol. The van der Waals surface area contributed by atoms with E-state index in [0.717, 1.165) is 19.4 Å². The van der Waals surface area contributed by atoms with E-state index in [1.165, 1.54) is 0 Å². The number of rotatable bonds is 2. The van der Waals surface area contributed by atoms with Crippen LogP contribution in [0.4, 0.5) is 0 Å². The molecule has 1 unspecified atom stereocenters. The first-order valence-corrected chi connectivity index (χ1v) is 6.72. The number of carboxylic acids is 1. The van der Waals surface area contributed by atoms with Crippen LogP contribution in [0.5, 0.6) is 0 Å². The quantitative estimate of drug-likeness (QED) is 0.761. The van der Waals surface area contributed by atoms with E-state index in [1.807, 2.05) is 6.92 Å². The summed E-state index contributed by atoms with van der Waals surface area (Å²) in [7, 11) is 0. The number of nitrogens with one attached hydrogen (secondary N) is 1. The van der Waals surface area contributed by atoms with Gasteiger partial charge < -0.3 is 15.3 Å². The predicted octanol–water partition coefficient (Wildman–Crippen LogP) is 0.698. The molecule has 2 N–H and O–H groups in total. The second-order valence-electron chi connectivity index (χ2n) is 5.77. The third-order valence-corrected chi connectivity index (χ3v) is 4.45. The highest BCUT2D eigenvalue weighted by Crippen LogP contribution is 2.31. The van der Waals surface area contributed by atoms with Gasteiger partial charge in [0.05, 0.1) is 5.92 Å². The molecule has 0 aliphatic carbocycles. The first kappa shape index (κ1) is 13.3. The first-order valence-electron chi connectivity index (χ1n) is 6.72. The Hall–Kier alpha value is -1.10. The minimum atomic E-state index is -1.02. The van der Waals surface area contributed by atoms with E-state index < -0.39 is 11.5 Å². The number of amides is 1. The van der Waals surface area contributed by atoms with Gasteiger partial charge in [0.15, 0.2) is 0 Å². The lowest BCUT2D eigenvalue weighted by Crippen LogP contribution is -2.59. The van der Waals surface area contributed by atoms with Crippen LogP contribution in [0.1, 0.15) is 33.1 Å². The molecule has 0 bridgehead atoms. The third kappa shape index (κ3) is 2.11. The Labute approximate surface area is 108 Å². The highest BCUT2D eigenvalue weighted by molar-refractivity contribution is 5.88. The lowest BCUT2D eigenvalue weighted by Gasteiger charge is -2.43. The van der Waals surface area contributed by atoms with Gasteiger partial charge in [0.25, 0.3) is 0 Å². The Morgan fingerprint density at radius 1 is 1.33 bits per heavy atom. The Balaban J connectivity index is 2.18. The van der Waals surface area contributed by atoms with Crippen LogP contribution in [0.2, 0.25) is 0 Å². The number of carbonyl (C=O) groups excluding carboxylic acids is 1. The summed E-state index contributed by atoms with van der Waals surface area (Å²) in [5, 5.41) is 12.6. The third-order valence-electron chi connectivity index (χ3n) is 4.45. The number of hydrogen-bond acceptors (Lipinski definition) is 3. The minimum Gasteiger partial charge on any atom is -0.480 e. The Bertz CT molecular complexity index is 358. The largest absolute Gasteiger partial charge is 0.480 e. The van der Waals surface area contributed by atoms with Gasteiger partial charge in [0, 0.05) is 13.1 Å². The molecule has 0 aromatic heterocycles. The molecule has 1 amide bonds. The molecule has 102 valence electrons. The van der Waals surface area contributed by atoms with Gasteiger partial charge in [-0.1, -0.05) is 6.92 Å². The fourth-order valence-corrected chi connectivity index (χ4v) is 3.04. The van der Waals surface area contributed by atoms with E-state index in [1.54, 1.807) is 11.8 Å². The monoisotopic (exact) mass is 254 g/mol. The molecule has 0 spiro atoms. The first-order chi connectivity index (χ1) is 8.47. The molecule has 5 nitrogen and oxygen atoms in total. The Morgan fingerprint density at radius 3 is 2.61 bits per heavy atom. The zero-order chi connectivity index (χ0) is 13.3. The molecule has 2 heterocycles. The van der Waals surface area contributed by atoms with E-state index in [-0.39, 0.29) is 17.7 Å². The maximum Gasteiger partial charge on any atom is 0.329 e. The van der Waals surface area contributed by atoms with Gasteiger partial charge >= 0.3 is 5.97 Å². The van der Waals surface area contributed by atoms with E-state index in [2.05, 4.69) is 5.32 Å². The molecule has 0 radical (unpaired) electrons. The molecule has 0 saturated carbocycles. The number of nitrogens with zero attached hydrogens (tertiary/aromatic N) is 1. The highest BCUT2D eigenvalue weighted by Gasteiger charge is 2.46. The zero-order valence-corrected chi connectivity index (χ0v) is 11.1. The SMILES string of the molecule is C[C@@H]1CNC[C@H]1C(=O)N1CCCCC1(C)C(=O)O. The fraction of sp³-hybridized carbons (Fsp3) is 0.846. The van der Waals surface area contributed by atoms with Crippen molar-refractivity contribution in [1.82, 2.24) is 10.2 Å². The van der Waals surface area contributed by atoms with E-state index >= 15 is 0 Å². The molecule has 3 atom stereocenters. The van der Waals surface area contributed by atoms with Crippen molar-refractivity contribution in [2.24, 2.45) is 11.8 Å². The fourth-order valence-electron chi connectivity index (χ4n) is 3.04. The molecule has 2 aliphatic rings. The molecule has 2 aliphatic heterocycles. The van der Waals surface area contributed by atoms with Crippen molar-refractivity contribution >= 4 is 11.9 Å². The van der Waals surface area contributed by atoms with Crippen LogP contribution in [0.15, 0.2) is 0 Å². The van der Waals surface area contributed by atoms with Crippen molar-refractivity contribution in [2.75, 3.05) is 19.6 Å². The normalized spacial score (nSPS) is 36.7. The summed E-state index contributed by atoms with van der Waals surface area (Å²) < 4.78 is 0. The Kier molecular flexibility index (Phi) is 3.61. The van der Waals surface area contributed by atoms with Gasteiger partial charge in [-0.15, -0.1) is 0 Å². The van der Waals surface area contributed by atoms with Crippen molar-refractivity contribution < 1.29 is 14.7 Å². The van der Waals surface area contributed by atoms with Crippen LogP contribution < -0.4 is 5.32 Å². The summed E-state index contributed by atoms with van der Waals surface area (Å²) >= 11 is 0. The summed E-state index contributed by atoms with van der Waals surface area (Å²) in [5.74, 6) is -0.648. The lowest BCUT2D eigenvalue weighted by molar-refractivity contribution is -0.163. The second-order valence-corrected chi connectivity index (χ2v) is 5.77. The number of aliphatic carboxylic acids is 1. The summed E-state index contributed by atoms with van der Waals surface area (Å²) in [4.78, 5) is 25.6. The molecule has 0 aromatic carbocycles. The topological polar surface area (TPSA) is 69.6 Å². The van der Waals surface area contributed by atoms with Crippen LogP contribution in [0.25, 0.3) is 0 Å². The van der Waals surface area contributed by atoms with Crippen molar-refractivity contribution in [3.8, 4) is 0 Å². The maximum atomic E-state index is 12.6. The molecule has 2 fully saturated rings. The number of carboxylic acid groups (broad SMARTS) is 1. The number of hydrogen-bond donors (Lipinski definition) is 2. The van der Waals surface area contributed by atoms with E-state index in [4.69, 9.17) is 0 Å². The summed E-state index contributed by atoms with van der Waals surface area (Å²) in [6, 6.07) is 0. The predicted molar refractivity (Wildman–Crippen MR) is 67.1 cm³/mol. The van der Waals surface area contributed by atoms with Crippen molar-refractivity contribution in [1.29, 1.82) is 0 Å². The molecule has 5 heteroatoms. The molecule has 18 heavy (non-hydrogen) atoms. The average Bonchev–Trinajstić information content (AvgIpc) is 2.75. The van der Waals surface area contributed by atoms with Gasteiger partial charge in [0.2, 0.25) is 5.91 Å². The molecule has 2 saturated heterocycles. The van der Waals surface area contributed by atoms with Gasteiger partial charge in [-0.3, -0.25) is 4.79 Å². The van der Waals surface area contributed by atoms with Gasteiger partial charge in [0.1, 0.15) is 5.54 Å². The van der Waals surface area contributed by atoms with E-state index in [9.17, 15) is 14.7 Å². The maximum absolute atomic E-state index is 12.6. The lowest BCUT2D eigenvalue weighted by atomic mass is 9.86. The van der Waals surface area contributed by atoms with Gasteiger partial charge in [-0.2, -0.15) is 0 Å². The standard InChI is InChI=1S/C13H22N2O3/c1-9-7-14-8-10(9)11(16)15-6-4-3-5-13(15,2)12(17)18/h9-10,14H,3-8H2,1-2H3,(H,17,18)/t9-,10-,13?/m1/s1. The van der Waals surface area contributed by atoms with Crippen LogP contribution >= 0.6 is 0 Å². The molecular formula is C13H22N2O3. The Morgan fingerprint density at radius 2 is 2.06 bits per heavy atom. The summed E-state index contributed by atoms with van der Waals surface area (Å²) in [6.45, 7) is 5.81. The molecular weight excluding hydrogens is 232 g/mol. The molecule has 0 aromatic rings. The minimum absolute atomic E-state index is 0.0112. The number of carbonyl (C=O) groups is 2. The molecule has 2 rings (SSSR count). The number of piperidine rings is 1. The second kappa shape index (κ2) is 4.88. The summed E-state index contributed by atoms with van der Waals surface area (Å²) in [5.41, 5.74) is -1.02. The van der Waals surface area contributed by atoms with Gasteiger partial charge in [-0.05, 0) is 38.6 Å². The highest BCUT2D eigenvalue weighted by atomic mass is 16.4. The van der Waals surface area contributed by atoms with Crippen LogP contribution in [-0.4, -0.2) is 47.1 Å². The van der Waals surface area contributed by atoms with Crippen molar-refractivity contribution in [3.63, 3.8) is 0 Å². The van der Waals surface area contributed by atoms with Crippen LogP contribution in [0.3, 0.4) is 0 Å². The smallest absolute Gasteiger partial charge is 0.329 e. The van der Waals surface area contributed by atoms with Crippen molar-refractivity contribution in [3.05, 3.63) is 0 Å².